The number of carbonyl (C=O) groups excluding carboxylic acids is 2. The molecule has 0 saturated heterocycles. The van der Waals surface area contributed by atoms with Crippen molar-refractivity contribution in [1.82, 2.24) is 10.7 Å². The van der Waals surface area contributed by atoms with Gasteiger partial charge in [-0.25, -0.2) is 5.43 Å². The molecule has 0 atom stereocenters. The summed E-state index contributed by atoms with van der Waals surface area (Å²) >= 11 is 0. The first-order valence-corrected chi connectivity index (χ1v) is 12.7. The molecule has 0 radical (unpaired) electrons. The van der Waals surface area contributed by atoms with E-state index < -0.39 is 0 Å². The molecule has 0 saturated carbocycles. The molecule has 0 aliphatic heterocycles. The van der Waals surface area contributed by atoms with Crippen molar-refractivity contribution >= 4 is 28.5 Å². The number of furan rings is 2. The lowest BCUT2D eigenvalue weighted by atomic mass is 9.93. The standard InChI is InChI=1S/C30H31N3O4/c1-18-12-13-23-22(17-36-28(23)19(18)2)16-26(34)33-32-24-10-7-11-25-27(24)20(3)29(37-25)30(35)31-15-14-21-8-5-4-6-9-21/h4-6,8-9,12-13,17H,7,10-11,14-16H2,1-3H3,(H,31,35)(H,33,34)/b32-24+. The predicted octanol–water partition coefficient (Wildman–Crippen LogP) is 5.32. The number of benzene rings is 2. The Bertz CT molecular complexity index is 1490. The minimum atomic E-state index is -0.233. The maximum Gasteiger partial charge on any atom is 0.287 e. The first kappa shape index (κ1) is 24.6. The molecule has 0 unspecified atom stereocenters. The first-order chi connectivity index (χ1) is 17.9. The van der Waals surface area contributed by atoms with Gasteiger partial charge < -0.3 is 14.2 Å². The van der Waals surface area contributed by atoms with E-state index in [1.165, 1.54) is 0 Å². The summed E-state index contributed by atoms with van der Waals surface area (Å²) in [6.45, 7) is 6.45. The van der Waals surface area contributed by atoms with Crippen molar-refractivity contribution in [3.63, 3.8) is 0 Å². The van der Waals surface area contributed by atoms with Crippen LogP contribution in [0, 0.1) is 20.8 Å². The predicted molar refractivity (Wildman–Crippen MR) is 143 cm³/mol. The van der Waals surface area contributed by atoms with Gasteiger partial charge in [-0.05, 0) is 56.7 Å². The highest BCUT2D eigenvalue weighted by atomic mass is 16.4. The fraction of sp³-hybridized carbons (Fsp3) is 0.300. The molecule has 2 aromatic heterocycles. The van der Waals surface area contributed by atoms with E-state index in [9.17, 15) is 9.59 Å². The van der Waals surface area contributed by atoms with Crippen LogP contribution in [0.2, 0.25) is 0 Å². The summed E-state index contributed by atoms with van der Waals surface area (Å²) in [4.78, 5) is 25.6. The topological polar surface area (TPSA) is 96.8 Å². The molecule has 7 nitrogen and oxygen atoms in total. The Kier molecular flexibility index (Phi) is 6.95. The van der Waals surface area contributed by atoms with E-state index in [4.69, 9.17) is 8.83 Å². The number of hydrogen-bond donors (Lipinski definition) is 2. The lowest BCUT2D eigenvalue weighted by molar-refractivity contribution is -0.120. The number of fused-ring (bicyclic) bond motifs is 2. The molecule has 7 heteroatoms. The average molecular weight is 498 g/mol. The summed E-state index contributed by atoms with van der Waals surface area (Å²) in [5.41, 5.74) is 10.1. The Labute approximate surface area is 215 Å². The molecular weight excluding hydrogens is 466 g/mol. The van der Waals surface area contributed by atoms with Gasteiger partial charge in [0.15, 0.2) is 5.76 Å². The highest BCUT2D eigenvalue weighted by Gasteiger charge is 2.28. The van der Waals surface area contributed by atoms with Gasteiger partial charge in [0.25, 0.3) is 5.91 Å². The third-order valence-electron chi connectivity index (χ3n) is 7.08. The molecular formula is C30H31N3O4. The van der Waals surface area contributed by atoms with Gasteiger partial charge >= 0.3 is 0 Å². The maximum atomic E-state index is 12.9. The van der Waals surface area contributed by atoms with Crippen LogP contribution in [-0.4, -0.2) is 24.1 Å². The Balaban J connectivity index is 1.26. The minimum Gasteiger partial charge on any atom is -0.464 e. The molecule has 37 heavy (non-hydrogen) atoms. The normalized spacial score (nSPS) is 14.1. The molecule has 0 bridgehead atoms. The van der Waals surface area contributed by atoms with E-state index in [-0.39, 0.29) is 18.2 Å². The van der Waals surface area contributed by atoms with Gasteiger partial charge in [-0.3, -0.25) is 9.59 Å². The lowest BCUT2D eigenvalue weighted by Gasteiger charge is -2.13. The first-order valence-electron chi connectivity index (χ1n) is 12.7. The molecule has 1 aliphatic carbocycles. The van der Waals surface area contributed by atoms with Crippen molar-refractivity contribution in [2.45, 2.75) is 52.9 Å². The number of nitrogens with one attached hydrogen (secondary N) is 2. The Hall–Kier alpha value is -4.13. The zero-order valence-electron chi connectivity index (χ0n) is 21.4. The Morgan fingerprint density at radius 1 is 1.00 bits per heavy atom. The maximum absolute atomic E-state index is 12.9. The second kappa shape index (κ2) is 10.5. The third kappa shape index (κ3) is 5.07. The molecule has 0 spiro atoms. The van der Waals surface area contributed by atoms with Crippen LogP contribution in [0.4, 0.5) is 0 Å². The van der Waals surface area contributed by atoms with Gasteiger partial charge in [0, 0.05) is 35.0 Å². The van der Waals surface area contributed by atoms with Crippen LogP contribution in [0.5, 0.6) is 0 Å². The number of carbonyl (C=O) groups is 2. The second-order valence-corrected chi connectivity index (χ2v) is 9.61. The van der Waals surface area contributed by atoms with Crippen LogP contribution in [0.25, 0.3) is 11.0 Å². The number of hydrogen-bond acceptors (Lipinski definition) is 5. The molecule has 1 aliphatic rings. The molecule has 2 heterocycles. The summed E-state index contributed by atoms with van der Waals surface area (Å²) in [5, 5.41) is 8.35. The summed E-state index contributed by atoms with van der Waals surface area (Å²) in [6.07, 6.45) is 4.84. The van der Waals surface area contributed by atoms with Crippen LogP contribution in [0.3, 0.4) is 0 Å². The van der Waals surface area contributed by atoms with E-state index in [0.717, 1.165) is 75.1 Å². The van der Waals surface area contributed by atoms with Crippen molar-refractivity contribution in [3.8, 4) is 0 Å². The number of hydrazone groups is 1. The van der Waals surface area contributed by atoms with E-state index in [1.807, 2.05) is 63.2 Å². The fourth-order valence-corrected chi connectivity index (χ4v) is 4.91. The Morgan fingerprint density at radius 2 is 1.81 bits per heavy atom. The summed E-state index contributed by atoms with van der Waals surface area (Å²) in [7, 11) is 0. The van der Waals surface area contributed by atoms with Gasteiger partial charge in [-0.1, -0.05) is 42.5 Å². The van der Waals surface area contributed by atoms with Gasteiger partial charge in [-0.2, -0.15) is 5.10 Å². The molecule has 0 fully saturated rings. The number of aryl methyl sites for hydroxylation is 3. The zero-order valence-corrected chi connectivity index (χ0v) is 21.4. The highest BCUT2D eigenvalue weighted by Crippen LogP contribution is 2.30. The van der Waals surface area contributed by atoms with Crippen molar-refractivity contribution in [2.24, 2.45) is 5.10 Å². The van der Waals surface area contributed by atoms with Crippen molar-refractivity contribution in [3.05, 3.63) is 93.6 Å². The number of amides is 2. The third-order valence-corrected chi connectivity index (χ3v) is 7.08. The van der Waals surface area contributed by atoms with E-state index in [1.54, 1.807) is 6.26 Å². The van der Waals surface area contributed by atoms with Crippen molar-refractivity contribution in [2.75, 3.05) is 6.54 Å². The largest absolute Gasteiger partial charge is 0.464 e. The van der Waals surface area contributed by atoms with Gasteiger partial charge in [0.2, 0.25) is 5.91 Å². The molecule has 190 valence electrons. The number of nitrogens with zero attached hydrogens (tertiary/aromatic N) is 1. The Morgan fingerprint density at radius 3 is 2.62 bits per heavy atom. The monoisotopic (exact) mass is 497 g/mol. The van der Waals surface area contributed by atoms with E-state index in [2.05, 4.69) is 15.8 Å². The SMILES string of the molecule is Cc1ccc2c(CC(=O)N/N=C3\CCCc4oc(C(=O)NCCc5ccccc5)c(C)c43)coc2c1C. The molecule has 5 rings (SSSR count). The van der Waals surface area contributed by atoms with Crippen LogP contribution in [0.15, 0.2) is 62.7 Å². The fourth-order valence-electron chi connectivity index (χ4n) is 4.91. The summed E-state index contributed by atoms with van der Waals surface area (Å²) < 4.78 is 11.7. The highest BCUT2D eigenvalue weighted by molar-refractivity contribution is 6.06. The van der Waals surface area contributed by atoms with E-state index in [0.29, 0.717) is 18.7 Å². The van der Waals surface area contributed by atoms with E-state index >= 15 is 0 Å². The van der Waals surface area contributed by atoms with Gasteiger partial charge in [0.05, 0.1) is 18.4 Å². The van der Waals surface area contributed by atoms with Crippen LogP contribution < -0.4 is 10.7 Å². The average Bonchev–Trinajstić information content (AvgIpc) is 3.47. The van der Waals surface area contributed by atoms with Crippen LogP contribution in [-0.2, 0) is 24.1 Å². The zero-order chi connectivity index (χ0) is 25.9. The van der Waals surface area contributed by atoms with Crippen molar-refractivity contribution in [1.29, 1.82) is 0 Å². The molecule has 2 amide bonds. The minimum absolute atomic E-state index is 0.165. The van der Waals surface area contributed by atoms with Gasteiger partial charge in [0.1, 0.15) is 11.3 Å². The number of rotatable bonds is 7. The lowest BCUT2D eigenvalue weighted by Crippen LogP contribution is -2.26. The molecule has 2 aromatic carbocycles. The molecule has 2 N–H and O–H groups in total. The molecule has 4 aromatic rings. The summed E-state index contributed by atoms with van der Waals surface area (Å²) in [6, 6.07) is 14.1. The van der Waals surface area contributed by atoms with Crippen LogP contribution in [0.1, 0.15) is 62.5 Å². The second-order valence-electron chi connectivity index (χ2n) is 9.61. The van der Waals surface area contributed by atoms with Crippen molar-refractivity contribution < 1.29 is 18.4 Å². The van der Waals surface area contributed by atoms with Crippen LogP contribution >= 0.6 is 0 Å². The summed E-state index contributed by atoms with van der Waals surface area (Å²) in [5.74, 6) is 0.607. The quantitative estimate of drug-likeness (QED) is 0.338. The smallest absolute Gasteiger partial charge is 0.287 e. The van der Waals surface area contributed by atoms with Gasteiger partial charge in [-0.15, -0.1) is 0 Å².